The van der Waals surface area contributed by atoms with Gasteiger partial charge in [-0.3, -0.25) is 13.8 Å². The number of carbonyl (C=O) groups excluding carboxylic acids is 1. The van der Waals surface area contributed by atoms with Crippen LogP contribution in [0.5, 0.6) is 0 Å². The molecule has 1 aliphatic rings. The van der Waals surface area contributed by atoms with Crippen molar-refractivity contribution in [1.82, 2.24) is 0 Å². The van der Waals surface area contributed by atoms with E-state index in [-0.39, 0.29) is 13.0 Å². The summed E-state index contributed by atoms with van der Waals surface area (Å²) in [5.74, 6) is -0.473. The first-order chi connectivity index (χ1) is 33.0. The van der Waals surface area contributed by atoms with Gasteiger partial charge in [-0.15, -0.1) is 0 Å². The van der Waals surface area contributed by atoms with Crippen LogP contribution in [0.4, 0.5) is 0 Å². The van der Waals surface area contributed by atoms with Crippen molar-refractivity contribution in [2.45, 2.75) is 313 Å². The zero-order chi connectivity index (χ0) is 49.8. The lowest BCUT2D eigenvalue weighted by Crippen LogP contribution is -2.64. The molecular formula is C55H107O12P. The van der Waals surface area contributed by atoms with Gasteiger partial charge in [-0.05, 0) is 38.5 Å². The summed E-state index contributed by atoms with van der Waals surface area (Å²) in [5, 5.41) is 50.4. The fraction of sp³-hybridized carbons (Fsp3) is 0.945. The van der Waals surface area contributed by atoms with Crippen molar-refractivity contribution in [3.05, 3.63) is 12.2 Å². The second kappa shape index (κ2) is 45.9. The van der Waals surface area contributed by atoms with Gasteiger partial charge >= 0.3 is 13.8 Å². The van der Waals surface area contributed by atoms with Gasteiger partial charge in [0.05, 0.1) is 13.2 Å². The predicted molar refractivity (Wildman–Crippen MR) is 277 cm³/mol. The zero-order valence-electron chi connectivity index (χ0n) is 43.7. The van der Waals surface area contributed by atoms with E-state index in [0.29, 0.717) is 13.0 Å². The van der Waals surface area contributed by atoms with E-state index in [1.165, 1.54) is 205 Å². The van der Waals surface area contributed by atoms with Gasteiger partial charge in [0, 0.05) is 13.0 Å². The van der Waals surface area contributed by atoms with E-state index in [9.17, 15) is 39.8 Å². The molecule has 404 valence electrons. The Kier molecular flexibility index (Phi) is 43.9. The highest BCUT2D eigenvalue weighted by Gasteiger charge is 2.51. The standard InChI is InChI=1S/C55H107O12P/c1-3-5-7-9-11-13-15-17-19-21-23-24-25-27-29-31-33-35-37-39-41-43-45-64-46-48(47-65-68(62,63)67-55-53(60)51(58)50(57)52(59)54(55)61)66-49(56)44-42-40-38-36-34-32-30-28-26-22-20-18-16-14-12-10-8-6-4-2/h18,20,48,50-55,57-61H,3-17,19,21-47H2,1-2H3,(H,62,63)/b20-18-. The molecule has 0 spiro atoms. The van der Waals surface area contributed by atoms with Crippen molar-refractivity contribution in [2.75, 3.05) is 19.8 Å². The molecule has 1 rings (SSSR count). The number of allylic oxidation sites excluding steroid dienone is 2. The second-order valence-electron chi connectivity index (χ2n) is 20.1. The summed E-state index contributed by atoms with van der Waals surface area (Å²) in [7, 11) is -5.02. The van der Waals surface area contributed by atoms with E-state index in [4.69, 9.17) is 18.5 Å². The van der Waals surface area contributed by atoms with Gasteiger partial charge in [-0.25, -0.2) is 4.57 Å². The first-order valence-electron chi connectivity index (χ1n) is 28.5. The highest BCUT2D eigenvalue weighted by atomic mass is 31.2. The number of carbonyl (C=O) groups is 1. The summed E-state index contributed by atoms with van der Waals surface area (Å²) in [6, 6.07) is 0. The molecule has 0 aromatic carbocycles. The van der Waals surface area contributed by atoms with Crippen molar-refractivity contribution in [1.29, 1.82) is 0 Å². The molecule has 0 amide bonds. The fourth-order valence-electron chi connectivity index (χ4n) is 9.12. The molecule has 0 heterocycles. The van der Waals surface area contributed by atoms with Crippen molar-refractivity contribution < 1.29 is 58.3 Å². The maximum Gasteiger partial charge on any atom is 0.472 e. The van der Waals surface area contributed by atoms with E-state index in [0.717, 1.165) is 38.5 Å². The van der Waals surface area contributed by atoms with Crippen molar-refractivity contribution in [3.63, 3.8) is 0 Å². The molecule has 1 fully saturated rings. The number of phosphoric ester groups is 1. The highest BCUT2D eigenvalue weighted by molar-refractivity contribution is 7.47. The Labute approximate surface area is 416 Å². The number of unbranched alkanes of at least 4 members (excludes halogenated alkanes) is 36. The molecular weight excluding hydrogens is 884 g/mol. The highest BCUT2D eigenvalue weighted by Crippen LogP contribution is 2.47. The fourth-order valence-corrected chi connectivity index (χ4v) is 10.1. The summed E-state index contributed by atoms with van der Waals surface area (Å²) in [5.41, 5.74) is 0. The molecule has 0 aromatic rings. The topological polar surface area (TPSA) is 192 Å². The third-order valence-electron chi connectivity index (χ3n) is 13.6. The van der Waals surface area contributed by atoms with Crippen LogP contribution in [0.3, 0.4) is 0 Å². The lowest BCUT2D eigenvalue weighted by Gasteiger charge is -2.41. The van der Waals surface area contributed by atoms with Crippen LogP contribution >= 0.6 is 7.82 Å². The van der Waals surface area contributed by atoms with Crippen LogP contribution in [0.2, 0.25) is 0 Å². The van der Waals surface area contributed by atoms with Crippen LogP contribution in [0.25, 0.3) is 0 Å². The SMILES string of the molecule is CCCCCCCC/C=C\CCCCCCCCCCCC(=O)OC(COCCCCCCCCCCCCCCCCCCCCCCCC)COP(=O)(O)OC1C(O)C(O)C(O)C(O)C1O. The molecule has 0 saturated heterocycles. The summed E-state index contributed by atoms with van der Waals surface area (Å²) in [4.78, 5) is 23.3. The molecule has 12 nitrogen and oxygen atoms in total. The smallest absolute Gasteiger partial charge is 0.457 e. The molecule has 13 heteroatoms. The molecule has 6 unspecified atom stereocenters. The number of phosphoric acid groups is 1. The number of hydrogen-bond donors (Lipinski definition) is 6. The average Bonchev–Trinajstić information content (AvgIpc) is 3.32. The van der Waals surface area contributed by atoms with Crippen LogP contribution < -0.4 is 0 Å². The maximum absolute atomic E-state index is 12.9. The van der Waals surface area contributed by atoms with Crippen molar-refractivity contribution in [2.24, 2.45) is 0 Å². The Morgan fingerprint density at radius 3 is 1.16 bits per heavy atom. The van der Waals surface area contributed by atoms with E-state index in [2.05, 4.69) is 26.0 Å². The van der Waals surface area contributed by atoms with E-state index < -0.39 is 63.1 Å². The monoisotopic (exact) mass is 991 g/mol. The largest absolute Gasteiger partial charge is 0.472 e. The Balaban J connectivity index is 2.27. The number of rotatable bonds is 50. The quantitative estimate of drug-likeness (QED) is 0.0146. The summed E-state index contributed by atoms with van der Waals surface area (Å²) >= 11 is 0. The molecule has 6 atom stereocenters. The number of aliphatic hydroxyl groups excluding tert-OH is 5. The Morgan fingerprint density at radius 2 is 0.779 bits per heavy atom. The minimum absolute atomic E-state index is 0.0707. The molecule has 0 bridgehead atoms. The summed E-state index contributed by atoms with van der Waals surface area (Å²) in [6.45, 7) is 4.32. The third-order valence-corrected chi connectivity index (χ3v) is 14.6. The minimum Gasteiger partial charge on any atom is -0.457 e. The van der Waals surface area contributed by atoms with Gasteiger partial charge in [0.15, 0.2) is 0 Å². The van der Waals surface area contributed by atoms with E-state index in [1.807, 2.05) is 0 Å². The molecule has 6 N–H and O–H groups in total. The molecule has 68 heavy (non-hydrogen) atoms. The molecule has 1 aliphatic carbocycles. The number of ether oxygens (including phenoxy) is 2. The number of hydrogen-bond acceptors (Lipinski definition) is 11. The van der Waals surface area contributed by atoms with E-state index >= 15 is 0 Å². The molecule has 0 radical (unpaired) electrons. The molecule has 0 aromatic heterocycles. The van der Waals surface area contributed by atoms with Gasteiger partial charge in [0.25, 0.3) is 0 Å². The third kappa shape index (κ3) is 36.9. The van der Waals surface area contributed by atoms with Gasteiger partial charge in [-0.1, -0.05) is 238 Å². The Bertz CT molecular complexity index is 1180. The lowest BCUT2D eigenvalue weighted by molar-refractivity contribution is -0.220. The Morgan fingerprint density at radius 1 is 0.456 bits per heavy atom. The van der Waals surface area contributed by atoms with Crippen LogP contribution in [0.15, 0.2) is 12.2 Å². The lowest BCUT2D eigenvalue weighted by atomic mass is 9.85. The number of aliphatic hydroxyl groups is 5. The van der Waals surface area contributed by atoms with Crippen LogP contribution in [0.1, 0.15) is 271 Å². The summed E-state index contributed by atoms with van der Waals surface area (Å²) in [6.07, 6.45) is 41.4. The normalized spacial score (nSPS) is 21.1. The predicted octanol–water partition coefficient (Wildman–Crippen LogP) is 13.4. The van der Waals surface area contributed by atoms with Crippen LogP contribution in [0, 0.1) is 0 Å². The van der Waals surface area contributed by atoms with Crippen molar-refractivity contribution >= 4 is 13.8 Å². The first-order valence-corrected chi connectivity index (χ1v) is 30.0. The zero-order valence-corrected chi connectivity index (χ0v) is 44.6. The number of esters is 1. The maximum atomic E-state index is 12.9. The minimum atomic E-state index is -5.02. The average molecular weight is 991 g/mol. The molecule has 0 aliphatic heterocycles. The molecule has 1 saturated carbocycles. The van der Waals surface area contributed by atoms with Gasteiger partial charge < -0.3 is 39.9 Å². The summed E-state index contributed by atoms with van der Waals surface area (Å²) < 4.78 is 34.4. The van der Waals surface area contributed by atoms with Crippen LogP contribution in [-0.2, 0) is 27.9 Å². The second-order valence-corrected chi connectivity index (χ2v) is 21.6. The van der Waals surface area contributed by atoms with Gasteiger partial charge in [0.1, 0.15) is 42.7 Å². The Hall–Kier alpha value is -0.920. The first kappa shape index (κ1) is 65.1. The van der Waals surface area contributed by atoms with Gasteiger partial charge in [0.2, 0.25) is 0 Å². The van der Waals surface area contributed by atoms with Crippen LogP contribution in [-0.4, -0.2) is 98.9 Å². The van der Waals surface area contributed by atoms with E-state index in [1.54, 1.807) is 0 Å². The van der Waals surface area contributed by atoms with Gasteiger partial charge in [-0.2, -0.15) is 0 Å². The van der Waals surface area contributed by atoms with Crippen molar-refractivity contribution in [3.8, 4) is 0 Å².